The molecule has 0 bridgehead atoms. The highest BCUT2D eigenvalue weighted by molar-refractivity contribution is 7.54. The Morgan fingerprint density at radius 1 is 1.36 bits per heavy atom. The molecule has 0 aliphatic rings. The molecule has 0 aliphatic carbocycles. The van der Waals surface area contributed by atoms with Crippen molar-refractivity contribution in [1.29, 1.82) is 0 Å². The summed E-state index contributed by atoms with van der Waals surface area (Å²) in [5.41, 5.74) is 0. The maximum Gasteiger partial charge on any atom is 0.336 e. The Kier molecular flexibility index (Phi) is 6.30. The molecule has 0 aliphatic heterocycles. The lowest BCUT2D eigenvalue weighted by Gasteiger charge is -2.12. The minimum atomic E-state index is -3.10. The topological polar surface area (TPSA) is 35.5 Å². The van der Waals surface area contributed by atoms with Crippen molar-refractivity contribution >= 4 is 30.8 Å². The van der Waals surface area contributed by atoms with Crippen molar-refractivity contribution in [3.8, 4) is 0 Å². The van der Waals surface area contributed by atoms with E-state index in [1.807, 2.05) is 0 Å². The molecule has 0 aromatic carbocycles. The van der Waals surface area contributed by atoms with Crippen molar-refractivity contribution < 1.29 is 13.6 Å². The standard InChI is InChI=1S/C5H9Cl2O3P/c1-2-3-11(8,9-4-6)10-5-7/h2H,1,3-5H2. The molecule has 0 unspecified atom stereocenters. The van der Waals surface area contributed by atoms with Crippen molar-refractivity contribution in [3.63, 3.8) is 0 Å². The summed E-state index contributed by atoms with van der Waals surface area (Å²) in [6.45, 7) is 3.39. The van der Waals surface area contributed by atoms with Crippen molar-refractivity contribution in [1.82, 2.24) is 0 Å². The summed E-state index contributed by atoms with van der Waals surface area (Å²) >= 11 is 10.4. The van der Waals surface area contributed by atoms with E-state index in [-0.39, 0.29) is 18.3 Å². The molecule has 0 atom stereocenters. The average molecular weight is 219 g/mol. The molecule has 0 heterocycles. The van der Waals surface area contributed by atoms with Gasteiger partial charge >= 0.3 is 7.60 Å². The number of alkyl halides is 2. The molecule has 3 nitrogen and oxygen atoms in total. The van der Waals surface area contributed by atoms with Gasteiger partial charge in [0.05, 0.1) is 6.16 Å². The van der Waals surface area contributed by atoms with E-state index in [0.717, 1.165) is 0 Å². The Labute approximate surface area is 75.8 Å². The molecule has 0 rings (SSSR count). The second-order valence-electron chi connectivity index (χ2n) is 1.56. The summed E-state index contributed by atoms with van der Waals surface area (Å²) in [5, 5.41) is 0. The molecule has 0 aromatic heterocycles. The third-order valence-electron chi connectivity index (χ3n) is 0.844. The summed E-state index contributed by atoms with van der Waals surface area (Å²) in [6.07, 6.45) is 1.55. The molecule has 0 radical (unpaired) electrons. The first-order valence-electron chi connectivity index (χ1n) is 2.79. The van der Waals surface area contributed by atoms with Crippen LogP contribution < -0.4 is 0 Å². The van der Waals surface area contributed by atoms with Gasteiger partial charge in [-0.15, -0.1) is 6.58 Å². The van der Waals surface area contributed by atoms with Gasteiger partial charge in [-0.05, 0) is 0 Å². The van der Waals surface area contributed by atoms with Crippen LogP contribution in [0.15, 0.2) is 12.7 Å². The lowest BCUT2D eigenvalue weighted by Crippen LogP contribution is -1.95. The monoisotopic (exact) mass is 218 g/mol. The fraction of sp³-hybridized carbons (Fsp3) is 0.600. The maximum absolute atomic E-state index is 11.3. The van der Waals surface area contributed by atoms with Gasteiger partial charge < -0.3 is 0 Å². The molecule has 0 saturated carbocycles. The van der Waals surface area contributed by atoms with Crippen LogP contribution in [0.5, 0.6) is 0 Å². The molecule has 0 N–H and O–H groups in total. The van der Waals surface area contributed by atoms with Crippen LogP contribution >= 0.6 is 30.8 Å². The SMILES string of the molecule is C=CCP(=O)(OCCl)OCCl. The summed E-state index contributed by atoms with van der Waals surface area (Å²) in [5.74, 6) is 0. The summed E-state index contributed by atoms with van der Waals surface area (Å²) < 4.78 is 20.6. The summed E-state index contributed by atoms with van der Waals surface area (Å²) in [6, 6.07) is -0.357. The molecule has 0 amide bonds. The van der Waals surface area contributed by atoms with E-state index in [2.05, 4.69) is 15.6 Å². The van der Waals surface area contributed by atoms with Crippen LogP contribution in [0.4, 0.5) is 0 Å². The zero-order chi connectivity index (χ0) is 8.74. The van der Waals surface area contributed by atoms with Crippen molar-refractivity contribution in [2.24, 2.45) is 0 Å². The van der Waals surface area contributed by atoms with E-state index in [4.69, 9.17) is 23.2 Å². The lowest BCUT2D eigenvalue weighted by atomic mass is 10.8. The summed E-state index contributed by atoms with van der Waals surface area (Å²) in [7, 11) is -3.10. The van der Waals surface area contributed by atoms with Crippen LogP contribution in [0.3, 0.4) is 0 Å². The first-order valence-corrected chi connectivity index (χ1v) is 5.59. The largest absolute Gasteiger partial charge is 0.336 e. The first-order chi connectivity index (χ1) is 5.18. The lowest BCUT2D eigenvalue weighted by molar-refractivity contribution is 0.258. The van der Waals surface area contributed by atoms with Gasteiger partial charge in [-0.1, -0.05) is 29.3 Å². The highest BCUT2D eigenvalue weighted by atomic mass is 35.5. The quantitative estimate of drug-likeness (QED) is 0.391. The molecule has 0 spiro atoms. The second kappa shape index (κ2) is 6.04. The van der Waals surface area contributed by atoms with E-state index >= 15 is 0 Å². The van der Waals surface area contributed by atoms with Crippen molar-refractivity contribution in [3.05, 3.63) is 12.7 Å². The van der Waals surface area contributed by atoms with Crippen molar-refractivity contribution in [2.75, 3.05) is 18.3 Å². The van der Waals surface area contributed by atoms with Gasteiger partial charge in [0.2, 0.25) is 0 Å². The van der Waals surface area contributed by atoms with Gasteiger partial charge in [-0.3, -0.25) is 13.6 Å². The highest BCUT2D eigenvalue weighted by Gasteiger charge is 2.21. The van der Waals surface area contributed by atoms with Crippen LogP contribution in [0.25, 0.3) is 0 Å². The Morgan fingerprint density at radius 3 is 2.09 bits per heavy atom. The molecule has 0 fully saturated rings. The van der Waals surface area contributed by atoms with E-state index in [1.165, 1.54) is 6.08 Å². The molecule has 11 heavy (non-hydrogen) atoms. The van der Waals surface area contributed by atoms with Gasteiger partial charge in [-0.2, -0.15) is 0 Å². The number of rotatable bonds is 6. The summed E-state index contributed by atoms with van der Waals surface area (Å²) in [4.78, 5) is 0. The fourth-order valence-corrected chi connectivity index (χ4v) is 2.24. The minimum Gasteiger partial charge on any atom is -0.292 e. The van der Waals surface area contributed by atoms with Crippen LogP contribution in [0.1, 0.15) is 0 Å². The number of halogens is 2. The zero-order valence-corrected chi connectivity index (χ0v) is 8.24. The maximum atomic E-state index is 11.3. The molecular formula is C5H9Cl2O3P. The second-order valence-corrected chi connectivity index (χ2v) is 4.10. The third kappa shape index (κ3) is 4.83. The van der Waals surface area contributed by atoms with Gasteiger partial charge in [0.25, 0.3) is 0 Å². The number of allylic oxidation sites excluding steroid dienone is 1. The number of hydrogen-bond donors (Lipinski definition) is 0. The number of hydrogen-bond acceptors (Lipinski definition) is 3. The van der Waals surface area contributed by atoms with E-state index in [9.17, 15) is 4.57 Å². The third-order valence-corrected chi connectivity index (χ3v) is 3.12. The van der Waals surface area contributed by atoms with Gasteiger partial charge in [0.1, 0.15) is 12.1 Å². The smallest absolute Gasteiger partial charge is 0.292 e. The molecule has 0 aromatic rings. The molecule has 0 saturated heterocycles. The van der Waals surface area contributed by atoms with E-state index in [1.54, 1.807) is 0 Å². The zero-order valence-electron chi connectivity index (χ0n) is 5.83. The Hall–Kier alpha value is 0.470. The van der Waals surface area contributed by atoms with Crippen LogP contribution in [-0.2, 0) is 13.6 Å². The normalized spacial score (nSPS) is 11.5. The molecular weight excluding hydrogens is 210 g/mol. The fourth-order valence-electron chi connectivity index (χ4n) is 0.449. The molecule has 6 heteroatoms. The Bertz CT molecular complexity index is 152. The molecule has 66 valence electrons. The van der Waals surface area contributed by atoms with Gasteiger partial charge in [-0.25, -0.2) is 0 Å². The van der Waals surface area contributed by atoms with Gasteiger partial charge in [0.15, 0.2) is 0 Å². The van der Waals surface area contributed by atoms with E-state index < -0.39 is 7.60 Å². The Balaban J connectivity index is 4.01. The first kappa shape index (κ1) is 11.5. The van der Waals surface area contributed by atoms with E-state index in [0.29, 0.717) is 0 Å². The predicted octanol–water partition coefficient (Wildman–Crippen LogP) is 2.79. The van der Waals surface area contributed by atoms with Crippen LogP contribution in [-0.4, -0.2) is 18.3 Å². The van der Waals surface area contributed by atoms with Crippen LogP contribution in [0.2, 0.25) is 0 Å². The van der Waals surface area contributed by atoms with Crippen molar-refractivity contribution in [2.45, 2.75) is 0 Å². The van der Waals surface area contributed by atoms with Gasteiger partial charge in [0, 0.05) is 0 Å². The Morgan fingerprint density at radius 2 is 1.82 bits per heavy atom. The highest BCUT2D eigenvalue weighted by Crippen LogP contribution is 2.48. The average Bonchev–Trinajstić information content (AvgIpc) is 1.88. The minimum absolute atomic E-state index is 0.118. The predicted molar refractivity (Wildman–Crippen MR) is 46.3 cm³/mol. The van der Waals surface area contributed by atoms with Crippen LogP contribution in [0, 0.1) is 0 Å².